The van der Waals surface area contributed by atoms with Gasteiger partial charge >= 0.3 is 0 Å². The molecule has 2 rings (SSSR count). The van der Waals surface area contributed by atoms with Crippen LogP contribution in [0.15, 0.2) is 0 Å². The van der Waals surface area contributed by atoms with Gasteiger partial charge in [-0.05, 0) is 0 Å². The monoisotopic (exact) mass is 281 g/mol. The summed E-state index contributed by atoms with van der Waals surface area (Å²) in [6.45, 7) is -0.282. The molecule has 0 aromatic heterocycles. The van der Waals surface area contributed by atoms with Crippen LogP contribution in [0.2, 0.25) is 0 Å². The minimum absolute atomic E-state index is 0.107. The second-order valence-corrected chi connectivity index (χ2v) is 4.78. The normalized spacial score (nSPS) is 52.1. The van der Waals surface area contributed by atoms with Crippen LogP contribution in [0.1, 0.15) is 0 Å². The molecule has 112 valence electrons. The molecule has 9 nitrogen and oxygen atoms in total. The average Bonchev–Trinajstić information content (AvgIpc) is 2.39. The largest absolute Gasteiger partial charge is 0.388 e. The van der Waals surface area contributed by atoms with E-state index >= 15 is 0 Å². The van der Waals surface area contributed by atoms with Crippen LogP contribution < -0.4 is 5.32 Å². The van der Waals surface area contributed by atoms with Crippen molar-refractivity contribution < 1.29 is 40.1 Å². The molecule has 4 unspecified atom stereocenters. The quantitative estimate of drug-likeness (QED) is 0.265. The third-order valence-corrected chi connectivity index (χ3v) is 3.38. The van der Waals surface area contributed by atoms with Crippen molar-refractivity contribution in [1.29, 1.82) is 0 Å². The Kier molecular flexibility index (Phi) is 4.71. The first kappa shape index (κ1) is 15.0. The van der Waals surface area contributed by atoms with Gasteiger partial charge in [-0.3, -0.25) is 5.32 Å². The van der Waals surface area contributed by atoms with Crippen molar-refractivity contribution in [3.05, 3.63) is 0 Å². The van der Waals surface area contributed by atoms with Gasteiger partial charge < -0.3 is 40.1 Å². The molecule has 0 aromatic rings. The maximum atomic E-state index is 9.74. The summed E-state index contributed by atoms with van der Waals surface area (Å²) in [5, 5.41) is 59.6. The summed E-state index contributed by atoms with van der Waals surface area (Å²) in [7, 11) is 0. The average molecular weight is 281 g/mol. The zero-order chi connectivity index (χ0) is 14.2. The third-order valence-electron chi connectivity index (χ3n) is 3.38. The molecule has 7 N–H and O–H groups in total. The highest BCUT2D eigenvalue weighted by molar-refractivity contribution is 4.92. The molecule has 0 radical (unpaired) electrons. The molecule has 0 saturated carbocycles. The molecule has 0 amide bonds. The van der Waals surface area contributed by atoms with Crippen molar-refractivity contribution >= 4 is 0 Å². The van der Waals surface area contributed by atoms with Crippen molar-refractivity contribution in [3.8, 4) is 0 Å². The highest BCUT2D eigenvalue weighted by atomic mass is 16.6. The van der Waals surface area contributed by atoms with Crippen molar-refractivity contribution in [1.82, 2.24) is 5.32 Å². The first-order valence-electron chi connectivity index (χ1n) is 5.99. The number of hydrogen-bond donors (Lipinski definition) is 7. The Balaban J connectivity index is 1.94. The fourth-order valence-corrected chi connectivity index (χ4v) is 2.12. The van der Waals surface area contributed by atoms with Crippen LogP contribution in [-0.4, -0.2) is 92.9 Å². The smallest absolute Gasteiger partial charge is 0.183 e. The highest BCUT2D eigenvalue weighted by Gasteiger charge is 2.43. The molecule has 2 heterocycles. The molecule has 9 heteroatoms. The van der Waals surface area contributed by atoms with E-state index in [0.717, 1.165) is 0 Å². The molecule has 8 atom stereocenters. The number of aliphatic hydroxyl groups is 6. The minimum Gasteiger partial charge on any atom is -0.388 e. The lowest BCUT2D eigenvalue weighted by Crippen LogP contribution is -2.65. The van der Waals surface area contributed by atoms with Gasteiger partial charge in [-0.15, -0.1) is 0 Å². The van der Waals surface area contributed by atoms with Gasteiger partial charge in [-0.2, -0.15) is 0 Å². The van der Waals surface area contributed by atoms with Gasteiger partial charge in [0.2, 0.25) is 0 Å². The molecular formula is C10H19NO8. The van der Waals surface area contributed by atoms with Gasteiger partial charge in [0.1, 0.15) is 36.7 Å². The summed E-state index contributed by atoms with van der Waals surface area (Å²) in [5.41, 5.74) is 0. The lowest BCUT2D eigenvalue weighted by molar-refractivity contribution is -0.243. The van der Waals surface area contributed by atoms with E-state index in [1.54, 1.807) is 0 Å². The molecule has 2 aliphatic heterocycles. The fourth-order valence-electron chi connectivity index (χ4n) is 2.12. The molecule has 19 heavy (non-hydrogen) atoms. The van der Waals surface area contributed by atoms with Crippen LogP contribution in [0.4, 0.5) is 0 Å². The first-order chi connectivity index (χ1) is 8.91. The number of nitrogens with one attached hydrogen (secondary N) is 1. The predicted octanol–water partition coefficient (Wildman–Crippen LogP) is -4.55. The van der Waals surface area contributed by atoms with E-state index in [2.05, 4.69) is 5.32 Å². The molecule has 0 bridgehead atoms. The standard InChI is InChI=1S/C10H19NO8/c12-4-2-18-9(7(15)6(4)14)11-3-1-19-10(17)8(16)5(3)13/h3-17H,1-2H2/t3-,4-,5?,6?,7?,8?,9-,10-/m1/s1. The molecule has 2 fully saturated rings. The van der Waals surface area contributed by atoms with Crippen LogP contribution in [0.25, 0.3) is 0 Å². The van der Waals surface area contributed by atoms with Crippen molar-refractivity contribution in [3.63, 3.8) is 0 Å². The highest BCUT2D eigenvalue weighted by Crippen LogP contribution is 2.18. The van der Waals surface area contributed by atoms with Gasteiger partial charge in [0.25, 0.3) is 0 Å². The Morgan fingerprint density at radius 3 is 2.11 bits per heavy atom. The van der Waals surface area contributed by atoms with E-state index in [0.29, 0.717) is 0 Å². The Hall–Kier alpha value is -0.360. The molecular weight excluding hydrogens is 262 g/mol. The third kappa shape index (κ3) is 3.05. The second kappa shape index (κ2) is 5.95. The SMILES string of the molecule is OC1C(O)[C@H](N[C@@H]2CO[C@@H](O)C(O)C2O)OC[C@H]1O. The van der Waals surface area contributed by atoms with Crippen molar-refractivity contribution in [2.45, 2.75) is 49.1 Å². The van der Waals surface area contributed by atoms with Crippen LogP contribution in [0, 0.1) is 0 Å². The van der Waals surface area contributed by atoms with Crippen LogP contribution >= 0.6 is 0 Å². The van der Waals surface area contributed by atoms with Crippen LogP contribution in [0.3, 0.4) is 0 Å². The maximum Gasteiger partial charge on any atom is 0.183 e. The van der Waals surface area contributed by atoms with Gasteiger partial charge in [0, 0.05) is 0 Å². The van der Waals surface area contributed by atoms with Gasteiger partial charge in [-0.1, -0.05) is 0 Å². The molecule has 2 saturated heterocycles. The van der Waals surface area contributed by atoms with Gasteiger partial charge in [-0.25, -0.2) is 0 Å². The summed E-state index contributed by atoms with van der Waals surface area (Å²) in [6.07, 6.45) is -9.25. The number of ether oxygens (including phenoxy) is 2. The Labute approximate surface area is 109 Å². The zero-order valence-corrected chi connectivity index (χ0v) is 10.0. The topological polar surface area (TPSA) is 152 Å². The summed E-state index contributed by atoms with van der Waals surface area (Å²) < 4.78 is 9.94. The zero-order valence-electron chi connectivity index (χ0n) is 10.0. The summed E-state index contributed by atoms with van der Waals surface area (Å²) in [5.74, 6) is 0. The Morgan fingerprint density at radius 1 is 0.737 bits per heavy atom. The lowest BCUT2D eigenvalue weighted by Gasteiger charge is -2.41. The van der Waals surface area contributed by atoms with Crippen LogP contribution in [0.5, 0.6) is 0 Å². The van der Waals surface area contributed by atoms with E-state index in [1.165, 1.54) is 0 Å². The Morgan fingerprint density at radius 2 is 1.42 bits per heavy atom. The van der Waals surface area contributed by atoms with Crippen molar-refractivity contribution in [2.75, 3.05) is 13.2 Å². The van der Waals surface area contributed by atoms with Gasteiger partial charge in [0.05, 0.1) is 19.3 Å². The maximum absolute atomic E-state index is 9.74. The van der Waals surface area contributed by atoms with E-state index in [-0.39, 0.29) is 13.2 Å². The lowest BCUT2D eigenvalue weighted by atomic mass is 10.00. The second-order valence-electron chi connectivity index (χ2n) is 4.78. The molecule has 2 aliphatic rings. The molecule has 0 spiro atoms. The minimum atomic E-state index is -1.48. The van der Waals surface area contributed by atoms with Crippen LogP contribution in [-0.2, 0) is 9.47 Å². The fraction of sp³-hybridized carbons (Fsp3) is 1.00. The summed E-state index contributed by atoms with van der Waals surface area (Å²) >= 11 is 0. The molecule has 0 aromatic carbocycles. The predicted molar refractivity (Wildman–Crippen MR) is 58.7 cm³/mol. The van der Waals surface area contributed by atoms with E-state index in [4.69, 9.17) is 9.47 Å². The first-order valence-corrected chi connectivity index (χ1v) is 5.99. The number of hydrogen-bond acceptors (Lipinski definition) is 9. The summed E-state index contributed by atoms with van der Waals surface area (Å²) in [4.78, 5) is 0. The van der Waals surface area contributed by atoms with E-state index in [9.17, 15) is 30.6 Å². The van der Waals surface area contributed by atoms with E-state index in [1.807, 2.05) is 0 Å². The van der Waals surface area contributed by atoms with Crippen molar-refractivity contribution in [2.24, 2.45) is 0 Å². The number of aliphatic hydroxyl groups excluding tert-OH is 6. The summed E-state index contributed by atoms with van der Waals surface area (Å²) in [6, 6.07) is -0.791. The van der Waals surface area contributed by atoms with Gasteiger partial charge in [0.15, 0.2) is 6.29 Å². The Bertz CT molecular complexity index is 277. The molecule has 0 aliphatic carbocycles. The number of rotatable bonds is 2. The van der Waals surface area contributed by atoms with E-state index < -0.39 is 49.1 Å².